The zero-order valence-electron chi connectivity index (χ0n) is 31.4. The second-order valence-corrected chi connectivity index (χ2v) is 16.3. The highest BCUT2D eigenvalue weighted by molar-refractivity contribution is 5.96. The molecule has 9 heteroatoms. The number of benzene rings is 2. The molecule has 0 amide bonds. The van der Waals surface area contributed by atoms with E-state index in [4.69, 9.17) is 14.2 Å². The van der Waals surface area contributed by atoms with Gasteiger partial charge in [0.15, 0.2) is 0 Å². The molecule has 274 valence electrons. The molecular weight excluding hydrogens is 652 g/mol. The van der Waals surface area contributed by atoms with Gasteiger partial charge in [0, 0.05) is 76.4 Å². The Morgan fingerprint density at radius 1 is 1.02 bits per heavy atom. The van der Waals surface area contributed by atoms with Crippen LogP contribution in [0.2, 0.25) is 0 Å². The Morgan fingerprint density at radius 3 is 2.60 bits per heavy atom. The lowest BCUT2D eigenvalue weighted by Gasteiger charge is -2.57. The Bertz CT molecular complexity index is 2110. The second-order valence-electron chi connectivity index (χ2n) is 16.3. The van der Waals surface area contributed by atoms with Crippen LogP contribution in [-0.4, -0.2) is 91.8 Å². The first-order chi connectivity index (χ1) is 25.3. The van der Waals surface area contributed by atoms with Crippen molar-refractivity contribution in [2.75, 3.05) is 48.0 Å². The lowest BCUT2D eigenvalue weighted by atomic mass is 9.56. The highest BCUT2D eigenvalue weighted by atomic mass is 16.5. The predicted octanol–water partition coefficient (Wildman–Crippen LogP) is 6.49. The number of hydrogen-bond acceptors (Lipinski definition) is 7. The summed E-state index contributed by atoms with van der Waals surface area (Å²) in [5.41, 5.74) is 8.48. The monoisotopic (exact) mass is 704 g/mol. The van der Waals surface area contributed by atoms with Crippen molar-refractivity contribution in [1.29, 1.82) is 0 Å². The molecule has 0 spiro atoms. The minimum atomic E-state index is -0.756. The topological polar surface area (TPSA) is 99.9 Å². The summed E-state index contributed by atoms with van der Waals surface area (Å²) >= 11 is 0. The number of fused-ring (bicyclic) bond motifs is 9. The van der Waals surface area contributed by atoms with Gasteiger partial charge >= 0.3 is 11.9 Å². The van der Waals surface area contributed by atoms with Crippen LogP contribution < -0.4 is 4.74 Å². The van der Waals surface area contributed by atoms with E-state index in [1.54, 1.807) is 14.2 Å². The average Bonchev–Trinajstić information content (AvgIpc) is 3.70. The van der Waals surface area contributed by atoms with Gasteiger partial charge in [-0.2, -0.15) is 0 Å². The van der Waals surface area contributed by atoms with Crippen LogP contribution in [0.5, 0.6) is 5.75 Å². The molecule has 4 aliphatic heterocycles. The average molecular weight is 705 g/mol. The molecule has 9 atom stereocenters. The van der Waals surface area contributed by atoms with E-state index in [9.17, 15) is 9.59 Å². The van der Waals surface area contributed by atoms with Gasteiger partial charge in [-0.1, -0.05) is 43.2 Å². The fourth-order valence-electron chi connectivity index (χ4n) is 12.2. The Kier molecular flexibility index (Phi) is 8.12. The Morgan fingerprint density at radius 2 is 1.85 bits per heavy atom. The maximum absolute atomic E-state index is 14.4. The third-order valence-electron chi connectivity index (χ3n) is 14.2. The van der Waals surface area contributed by atoms with E-state index in [-0.39, 0.29) is 41.8 Å². The standard InChI is InChI=1S/C43H52N4O5/c1-7-24-17-23-20-43(42(49)52-6)39-27(15-16-47(21-23)40(24)43)35-32(45-39)13-14-34(50-4)37(35)30-18-28-25(8-2)22-46(3)33(36(28)41(48)51-5)19-29-26-11-9-10-12-31(26)44-38(29)30/h8-14,23-24,28,30,33,36,40,44-45H,7,15-22H2,1-6H3/b25-8-. The molecule has 4 aromatic rings. The third kappa shape index (κ3) is 4.60. The number of H-pyrrole nitrogens is 2. The number of aromatic amines is 2. The lowest BCUT2D eigenvalue weighted by Crippen LogP contribution is -2.67. The number of piperidine rings is 3. The van der Waals surface area contributed by atoms with Gasteiger partial charge in [0.25, 0.3) is 0 Å². The largest absolute Gasteiger partial charge is 0.496 e. The molecule has 9 unspecified atom stereocenters. The number of carbonyl (C=O) groups excluding carboxylic acids is 2. The summed E-state index contributed by atoms with van der Waals surface area (Å²) in [5.74, 6) is 1.00. The third-order valence-corrected chi connectivity index (χ3v) is 14.2. The summed E-state index contributed by atoms with van der Waals surface area (Å²) < 4.78 is 17.7. The number of nitrogens with zero attached hydrogens (tertiary/aromatic N) is 2. The Balaban J connectivity index is 1.34. The number of allylic oxidation sites excluding steroid dienone is 1. The van der Waals surface area contributed by atoms with Gasteiger partial charge in [-0.15, -0.1) is 0 Å². The van der Waals surface area contributed by atoms with E-state index in [1.807, 2.05) is 0 Å². The van der Waals surface area contributed by atoms with Crippen molar-refractivity contribution in [3.63, 3.8) is 0 Å². The van der Waals surface area contributed by atoms with Crippen molar-refractivity contribution >= 4 is 33.7 Å². The number of likely N-dealkylation sites (N-methyl/N-ethyl adjacent to an activating group) is 1. The molecule has 9 nitrogen and oxygen atoms in total. The molecule has 1 saturated carbocycles. The van der Waals surface area contributed by atoms with Crippen molar-refractivity contribution in [3.8, 4) is 5.75 Å². The number of aromatic nitrogens is 2. The molecule has 6 bridgehead atoms. The SMILES string of the molecule is C/C=C1/CN(C)C2Cc3c([nH]c4ccccc34)C(c3c(OC)ccc4[nH]c5c(c34)CCN3CC4CC(CC)C3C5(C(=O)OC)C4)CC1C2C(=O)OC. The van der Waals surface area contributed by atoms with Crippen LogP contribution in [-0.2, 0) is 37.3 Å². The van der Waals surface area contributed by atoms with Crippen molar-refractivity contribution in [2.45, 2.75) is 75.8 Å². The van der Waals surface area contributed by atoms with Crippen molar-refractivity contribution in [2.24, 2.45) is 23.7 Å². The van der Waals surface area contributed by atoms with Crippen LogP contribution in [0.4, 0.5) is 0 Å². The van der Waals surface area contributed by atoms with E-state index in [1.165, 1.54) is 41.3 Å². The lowest BCUT2D eigenvalue weighted by molar-refractivity contribution is -0.162. The first-order valence-electron chi connectivity index (χ1n) is 19.3. The van der Waals surface area contributed by atoms with E-state index >= 15 is 0 Å². The number of nitrogens with one attached hydrogen (secondary N) is 2. The van der Waals surface area contributed by atoms with Gasteiger partial charge in [0.1, 0.15) is 11.2 Å². The minimum Gasteiger partial charge on any atom is -0.496 e. The molecular formula is C43H52N4O5. The smallest absolute Gasteiger partial charge is 0.319 e. The zero-order valence-corrected chi connectivity index (χ0v) is 31.4. The molecule has 2 aromatic heterocycles. The summed E-state index contributed by atoms with van der Waals surface area (Å²) in [6.45, 7) is 7.13. The number of esters is 2. The normalized spacial score (nSPS) is 33.2. The zero-order chi connectivity index (χ0) is 36.1. The number of methoxy groups -OCH3 is 3. The first kappa shape index (κ1) is 33.7. The number of ether oxygens (including phenoxy) is 3. The first-order valence-corrected chi connectivity index (χ1v) is 19.3. The second kappa shape index (κ2) is 12.5. The highest BCUT2D eigenvalue weighted by Crippen LogP contribution is 2.57. The molecule has 4 fully saturated rings. The minimum absolute atomic E-state index is 0.00327. The van der Waals surface area contributed by atoms with Crippen LogP contribution in [0.1, 0.15) is 73.5 Å². The van der Waals surface area contributed by atoms with Crippen LogP contribution in [0.15, 0.2) is 48.0 Å². The predicted molar refractivity (Wildman–Crippen MR) is 202 cm³/mol. The summed E-state index contributed by atoms with van der Waals surface area (Å²) in [4.78, 5) is 41.1. The van der Waals surface area contributed by atoms with Gasteiger partial charge in [-0.25, -0.2) is 0 Å². The molecule has 0 radical (unpaired) electrons. The van der Waals surface area contributed by atoms with Crippen LogP contribution >= 0.6 is 0 Å². The number of rotatable bonds is 5. The molecule has 2 aliphatic carbocycles. The van der Waals surface area contributed by atoms with Crippen LogP contribution in [0.25, 0.3) is 21.8 Å². The summed E-state index contributed by atoms with van der Waals surface area (Å²) in [5, 5.41) is 2.35. The molecule has 6 heterocycles. The number of para-hydroxylation sites is 1. The number of hydrogen-bond donors (Lipinski definition) is 2. The van der Waals surface area contributed by atoms with Gasteiger partial charge in [0.2, 0.25) is 0 Å². The molecule has 3 saturated heterocycles. The quantitative estimate of drug-likeness (QED) is 0.181. The molecule has 2 aromatic carbocycles. The fraction of sp³-hybridized carbons (Fsp3) is 0.535. The fourth-order valence-corrected chi connectivity index (χ4v) is 12.2. The number of likely N-dealkylation sites (tertiary alicyclic amines) is 1. The molecule has 2 N–H and O–H groups in total. The van der Waals surface area contributed by atoms with Gasteiger partial charge in [0.05, 0.1) is 27.2 Å². The van der Waals surface area contributed by atoms with Crippen molar-refractivity contribution in [3.05, 3.63) is 76.1 Å². The number of carbonyl (C=O) groups is 2. The van der Waals surface area contributed by atoms with Gasteiger partial charge in [-0.05, 0) is 93.2 Å². The maximum atomic E-state index is 14.4. The van der Waals surface area contributed by atoms with E-state index in [0.717, 1.165) is 85.2 Å². The van der Waals surface area contributed by atoms with Gasteiger partial charge in [-0.3, -0.25) is 19.4 Å². The van der Waals surface area contributed by atoms with Crippen LogP contribution in [0, 0.1) is 23.7 Å². The highest BCUT2D eigenvalue weighted by Gasteiger charge is 2.63. The molecule has 6 aliphatic rings. The maximum Gasteiger partial charge on any atom is 0.319 e. The summed E-state index contributed by atoms with van der Waals surface area (Å²) in [6.07, 6.45) is 7.52. The summed E-state index contributed by atoms with van der Waals surface area (Å²) in [6, 6.07) is 12.9. The van der Waals surface area contributed by atoms with Crippen molar-refractivity contribution in [1.82, 2.24) is 19.8 Å². The summed E-state index contributed by atoms with van der Waals surface area (Å²) in [7, 11) is 7.00. The van der Waals surface area contributed by atoms with E-state index in [2.05, 4.69) is 83.1 Å². The molecule has 10 rings (SSSR count). The van der Waals surface area contributed by atoms with Crippen LogP contribution in [0.3, 0.4) is 0 Å². The van der Waals surface area contributed by atoms with E-state index in [0.29, 0.717) is 11.8 Å². The Labute approximate surface area is 306 Å². The Hall–Kier alpha value is -4.08. The van der Waals surface area contributed by atoms with Crippen molar-refractivity contribution < 1.29 is 23.8 Å². The van der Waals surface area contributed by atoms with Gasteiger partial charge < -0.3 is 24.2 Å². The molecule has 52 heavy (non-hydrogen) atoms. The van der Waals surface area contributed by atoms with E-state index < -0.39 is 5.41 Å².